The van der Waals surface area contributed by atoms with Crippen LogP contribution in [0.1, 0.15) is 25.7 Å². The van der Waals surface area contributed by atoms with Crippen LogP contribution in [0.4, 0.5) is 8.78 Å². The Kier molecular flexibility index (Phi) is 6.40. The third kappa shape index (κ3) is 3.81. The maximum atomic E-state index is 13.1. The van der Waals surface area contributed by atoms with Crippen molar-refractivity contribution in [3.63, 3.8) is 0 Å². The van der Waals surface area contributed by atoms with Crippen molar-refractivity contribution in [2.75, 3.05) is 26.2 Å². The zero-order chi connectivity index (χ0) is 16.3. The first kappa shape index (κ1) is 18.9. The molecule has 0 aromatic heterocycles. The molecular formula is C17H23ClF2N2O2. The number of carbonyl (C=O) groups is 1. The second kappa shape index (κ2) is 8.12. The number of hydrogen-bond donors (Lipinski definition) is 2. The molecule has 2 N–H and O–H groups in total. The highest BCUT2D eigenvalue weighted by molar-refractivity contribution is 5.85. The molecule has 2 atom stereocenters. The molecule has 0 radical (unpaired) electrons. The van der Waals surface area contributed by atoms with Gasteiger partial charge in [0.05, 0.1) is 12.0 Å². The predicted octanol–water partition coefficient (Wildman–Crippen LogP) is 2.66. The smallest absolute Gasteiger partial charge is 0.227 e. The fraction of sp³-hybridized carbons (Fsp3) is 0.588. The van der Waals surface area contributed by atoms with Gasteiger partial charge in [-0.05, 0) is 37.4 Å². The van der Waals surface area contributed by atoms with Crippen molar-refractivity contribution in [3.8, 4) is 5.75 Å². The first-order valence-electron chi connectivity index (χ1n) is 8.19. The van der Waals surface area contributed by atoms with Gasteiger partial charge in [0.2, 0.25) is 5.91 Å². The quantitative estimate of drug-likeness (QED) is 0.794. The predicted molar refractivity (Wildman–Crippen MR) is 89.4 cm³/mol. The second-order valence-corrected chi connectivity index (χ2v) is 6.41. The minimum absolute atomic E-state index is 0. The number of carbonyl (C=O) groups excluding carboxylic acids is 1. The van der Waals surface area contributed by atoms with Crippen LogP contribution in [-0.2, 0) is 4.79 Å². The summed E-state index contributed by atoms with van der Waals surface area (Å²) in [4.78, 5) is 12.6. The molecule has 0 bridgehead atoms. The van der Waals surface area contributed by atoms with E-state index in [0.717, 1.165) is 44.5 Å². The number of amides is 1. The summed E-state index contributed by atoms with van der Waals surface area (Å²) in [5, 5.41) is 6.28. The largest absolute Gasteiger partial charge is 0.492 e. The Hall–Kier alpha value is -1.40. The Morgan fingerprint density at radius 1 is 1.33 bits per heavy atom. The molecule has 1 saturated carbocycles. The molecule has 1 heterocycles. The van der Waals surface area contributed by atoms with Gasteiger partial charge in [0, 0.05) is 12.6 Å². The Morgan fingerprint density at radius 2 is 2.17 bits per heavy atom. The molecule has 1 amide bonds. The zero-order valence-corrected chi connectivity index (χ0v) is 14.3. The lowest BCUT2D eigenvalue weighted by Gasteiger charge is -2.37. The summed E-state index contributed by atoms with van der Waals surface area (Å²) in [5.41, 5.74) is -0.278. The van der Waals surface area contributed by atoms with Gasteiger partial charge < -0.3 is 15.4 Å². The zero-order valence-electron chi connectivity index (χ0n) is 13.4. The highest BCUT2D eigenvalue weighted by Gasteiger charge is 2.49. The van der Waals surface area contributed by atoms with Gasteiger partial charge in [0.15, 0.2) is 11.6 Å². The van der Waals surface area contributed by atoms with E-state index in [2.05, 4.69) is 10.6 Å². The normalized spacial score (nSPS) is 25.5. The van der Waals surface area contributed by atoms with Crippen molar-refractivity contribution in [1.82, 2.24) is 10.6 Å². The van der Waals surface area contributed by atoms with Crippen molar-refractivity contribution < 1.29 is 18.3 Å². The molecule has 2 fully saturated rings. The molecule has 1 aromatic carbocycles. The molecule has 1 aliphatic carbocycles. The van der Waals surface area contributed by atoms with E-state index in [9.17, 15) is 13.6 Å². The summed E-state index contributed by atoms with van der Waals surface area (Å²) in [7, 11) is 0. The van der Waals surface area contributed by atoms with Crippen LogP contribution in [0.5, 0.6) is 5.75 Å². The van der Waals surface area contributed by atoms with Gasteiger partial charge >= 0.3 is 0 Å². The van der Waals surface area contributed by atoms with Gasteiger partial charge in [-0.3, -0.25) is 4.79 Å². The molecular weight excluding hydrogens is 338 g/mol. The molecule has 7 heteroatoms. The summed E-state index contributed by atoms with van der Waals surface area (Å²) < 4.78 is 31.3. The third-order valence-corrected chi connectivity index (χ3v) is 5.04. The third-order valence-electron chi connectivity index (χ3n) is 5.04. The summed E-state index contributed by atoms with van der Waals surface area (Å²) in [6.07, 6.45) is 4.32. The minimum atomic E-state index is -0.937. The van der Waals surface area contributed by atoms with E-state index in [1.54, 1.807) is 0 Å². The molecule has 0 unspecified atom stereocenters. The van der Waals surface area contributed by atoms with E-state index in [-0.39, 0.29) is 36.1 Å². The van der Waals surface area contributed by atoms with Crippen molar-refractivity contribution in [3.05, 3.63) is 29.8 Å². The molecule has 24 heavy (non-hydrogen) atoms. The maximum absolute atomic E-state index is 13.1. The summed E-state index contributed by atoms with van der Waals surface area (Å²) in [5.74, 6) is -1.08. The maximum Gasteiger partial charge on any atom is 0.227 e. The van der Waals surface area contributed by atoms with Gasteiger partial charge in [-0.2, -0.15) is 0 Å². The molecule has 0 spiro atoms. The number of benzene rings is 1. The summed E-state index contributed by atoms with van der Waals surface area (Å²) in [6, 6.07) is 3.41. The lowest BCUT2D eigenvalue weighted by Crippen LogP contribution is -2.48. The van der Waals surface area contributed by atoms with Gasteiger partial charge in [0.25, 0.3) is 0 Å². The van der Waals surface area contributed by atoms with Gasteiger partial charge in [-0.25, -0.2) is 8.78 Å². The number of rotatable bonds is 5. The Labute approximate surface area is 146 Å². The van der Waals surface area contributed by atoms with E-state index in [4.69, 9.17) is 4.74 Å². The van der Waals surface area contributed by atoms with Crippen LogP contribution in [0.2, 0.25) is 0 Å². The minimum Gasteiger partial charge on any atom is -0.492 e. The summed E-state index contributed by atoms with van der Waals surface area (Å²) >= 11 is 0. The van der Waals surface area contributed by atoms with Gasteiger partial charge in [0.1, 0.15) is 12.4 Å². The van der Waals surface area contributed by atoms with E-state index >= 15 is 0 Å². The van der Waals surface area contributed by atoms with Crippen LogP contribution in [0.25, 0.3) is 0 Å². The molecule has 134 valence electrons. The van der Waals surface area contributed by atoms with E-state index in [1.807, 2.05) is 0 Å². The van der Waals surface area contributed by atoms with Crippen LogP contribution in [-0.4, -0.2) is 32.1 Å². The van der Waals surface area contributed by atoms with Crippen molar-refractivity contribution in [2.24, 2.45) is 11.3 Å². The van der Waals surface area contributed by atoms with Crippen LogP contribution in [0.3, 0.4) is 0 Å². The number of fused-ring (bicyclic) bond motifs is 1. The van der Waals surface area contributed by atoms with Crippen molar-refractivity contribution in [2.45, 2.75) is 25.7 Å². The first-order chi connectivity index (χ1) is 11.1. The van der Waals surface area contributed by atoms with Crippen LogP contribution < -0.4 is 15.4 Å². The Balaban J connectivity index is 0.00000208. The van der Waals surface area contributed by atoms with Crippen LogP contribution in [0, 0.1) is 23.0 Å². The number of ether oxygens (including phenoxy) is 1. The topological polar surface area (TPSA) is 50.4 Å². The molecule has 1 aromatic rings. The average Bonchev–Trinajstić information content (AvgIpc) is 3.00. The van der Waals surface area contributed by atoms with E-state index in [0.29, 0.717) is 12.5 Å². The molecule has 4 nitrogen and oxygen atoms in total. The molecule has 1 aliphatic heterocycles. The lowest BCUT2D eigenvalue weighted by molar-refractivity contribution is -0.134. The molecule has 3 rings (SSSR count). The van der Waals surface area contributed by atoms with Crippen LogP contribution >= 0.6 is 12.4 Å². The van der Waals surface area contributed by atoms with Crippen molar-refractivity contribution in [1.29, 1.82) is 0 Å². The number of nitrogens with one attached hydrogen (secondary N) is 2. The monoisotopic (exact) mass is 360 g/mol. The number of hydrogen-bond acceptors (Lipinski definition) is 3. The van der Waals surface area contributed by atoms with E-state index < -0.39 is 11.6 Å². The average molecular weight is 361 g/mol. The fourth-order valence-electron chi connectivity index (χ4n) is 3.77. The lowest BCUT2D eigenvalue weighted by atomic mass is 9.67. The Morgan fingerprint density at radius 3 is 2.96 bits per heavy atom. The SMILES string of the molecule is Cl.O=C(NCCOc1ccc(F)c(F)c1)[C@@]12CCCC[C@H]1CNC2. The Bertz CT molecular complexity index is 588. The summed E-state index contributed by atoms with van der Waals surface area (Å²) in [6.45, 7) is 2.24. The first-order valence-corrected chi connectivity index (χ1v) is 8.19. The molecule has 2 aliphatic rings. The highest BCUT2D eigenvalue weighted by atomic mass is 35.5. The van der Waals surface area contributed by atoms with E-state index in [1.165, 1.54) is 12.5 Å². The van der Waals surface area contributed by atoms with Gasteiger partial charge in [-0.15, -0.1) is 12.4 Å². The fourth-order valence-corrected chi connectivity index (χ4v) is 3.77. The highest BCUT2D eigenvalue weighted by Crippen LogP contribution is 2.43. The number of halogens is 3. The van der Waals surface area contributed by atoms with Gasteiger partial charge in [-0.1, -0.05) is 12.8 Å². The van der Waals surface area contributed by atoms with Crippen LogP contribution in [0.15, 0.2) is 18.2 Å². The van der Waals surface area contributed by atoms with Crippen molar-refractivity contribution >= 4 is 18.3 Å². The second-order valence-electron chi connectivity index (χ2n) is 6.41. The molecule has 1 saturated heterocycles. The standard InChI is InChI=1S/C17H22F2N2O2.ClH/c18-14-5-4-13(9-15(14)19)23-8-7-21-16(22)17-6-2-1-3-12(17)10-20-11-17;/h4-5,9,12,20H,1-3,6-8,10-11H2,(H,21,22);1H/t12-,17+;/m0./s1.